The van der Waals surface area contributed by atoms with Crippen molar-refractivity contribution < 1.29 is 27.0 Å². The Labute approximate surface area is 264 Å². The maximum Gasteiger partial charge on any atom is 0.264 e. The SMILES string of the molecule is O=C(CCCS(=O)(=O)O)c1ccc(C2CC2c2ccc(OCc3c(-c4c(Cl)cccc4Cl)noc3C3CC3)cc2Cl)cc1. The Morgan fingerprint density at radius 3 is 2.35 bits per heavy atom. The van der Waals surface area contributed by atoms with Crippen LogP contribution >= 0.6 is 34.8 Å². The van der Waals surface area contributed by atoms with E-state index in [0.717, 1.165) is 41.7 Å². The molecule has 1 heterocycles. The van der Waals surface area contributed by atoms with Crippen LogP contribution in [0.3, 0.4) is 0 Å². The van der Waals surface area contributed by atoms with Crippen molar-refractivity contribution in [3.63, 3.8) is 0 Å². The van der Waals surface area contributed by atoms with Gasteiger partial charge in [0.2, 0.25) is 0 Å². The van der Waals surface area contributed by atoms with Gasteiger partial charge in [0.1, 0.15) is 23.8 Å². The summed E-state index contributed by atoms with van der Waals surface area (Å²) in [6.45, 7) is 0.231. The Balaban J connectivity index is 1.11. The Morgan fingerprint density at radius 1 is 0.977 bits per heavy atom. The van der Waals surface area contributed by atoms with E-state index in [0.29, 0.717) is 43.6 Å². The molecular formula is C32H28Cl3NO6S. The van der Waals surface area contributed by atoms with Gasteiger partial charge in [-0.15, -0.1) is 0 Å². The van der Waals surface area contributed by atoms with Crippen LogP contribution in [0.4, 0.5) is 0 Å². The molecule has 7 nitrogen and oxygen atoms in total. The highest BCUT2D eigenvalue weighted by Crippen LogP contribution is 2.56. The third-order valence-electron chi connectivity index (χ3n) is 7.98. The molecule has 2 aliphatic rings. The lowest BCUT2D eigenvalue weighted by molar-refractivity contribution is 0.0982. The van der Waals surface area contributed by atoms with E-state index in [2.05, 4.69) is 5.16 Å². The number of ketones is 1. The van der Waals surface area contributed by atoms with Gasteiger partial charge >= 0.3 is 0 Å². The van der Waals surface area contributed by atoms with Gasteiger partial charge in [0.15, 0.2) is 5.78 Å². The van der Waals surface area contributed by atoms with Gasteiger partial charge in [-0.1, -0.05) is 76.4 Å². The number of carbonyl (C=O) groups excluding carboxylic acids is 1. The lowest BCUT2D eigenvalue weighted by atomic mass is 10.0. The van der Waals surface area contributed by atoms with Crippen molar-refractivity contribution in [2.75, 3.05) is 5.75 Å². The van der Waals surface area contributed by atoms with Crippen LogP contribution in [0.5, 0.6) is 5.75 Å². The van der Waals surface area contributed by atoms with Crippen LogP contribution in [0.25, 0.3) is 11.3 Å². The van der Waals surface area contributed by atoms with Crippen LogP contribution in [0.2, 0.25) is 15.1 Å². The maximum atomic E-state index is 12.4. The van der Waals surface area contributed by atoms with E-state index in [4.69, 9.17) is 48.6 Å². The highest BCUT2D eigenvalue weighted by atomic mass is 35.5. The summed E-state index contributed by atoms with van der Waals surface area (Å²) in [5.74, 6) is 1.71. The molecule has 1 N–H and O–H groups in total. The summed E-state index contributed by atoms with van der Waals surface area (Å²) < 4.78 is 42.5. The van der Waals surface area contributed by atoms with Crippen molar-refractivity contribution in [3.05, 3.63) is 104 Å². The zero-order valence-electron chi connectivity index (χ0n) is 22.9. The molecule has 0 spiro atoms. The summed E-state index contributed by atoms with van der Waals surface area (Å²) in [6.07, 6.45) is 3.16. The van der Waals surface area contributed by atoms with Gasteiger partial charge in [-0.2, -0.15) is 8.42 Å². The highest BCUT2D eigenvalue weighted by molar-refractivity contribution is 7.85. The molecular weight excluding hydrogens is 633 g/mol. The molecule has 11 heteroatoms. The van der Waals surface area contributed by atoms with E-state index >= 15 is 0 Å². The largest absolute Gasteiger partial charge is 0.489 e. The zero-order chi connectivity index (χ0) is 30.3. The van der Waals surface area contributed by atoms with Crippen molar-refractivity contribution in [2.24, 2.45) is 0 Å². The number of nitrogens with zero attached hydrogens (tertiary/aromatic N) is 1. The van der Waals surface area contributed by atoms with Crippen molar-refractivity contribution in [3.8, 4) is 17.0 Å². The molecule has 224 valence electrons. The summed E-state index contributed by atoms with van der Waals surface area (Å²) in [6, 6.07) is 18.5. The lowest BCUT2D eigenvalue weighted by Crippen LogP contribution is -2.07. The highest BCUT2D eigenvalue weighted by Gasteiger charge is 2.40. The standard InChI is InChI=1S/C32H28Cl3NO6S/c33-26-3-1-4-27(34)30(26)31-25(32(42-36-31)20-10-11-20)17-41-21-12-13-22(28(35)15-21)24-16-23(24)18-6-8-19(9-7-18)29(37)5-2-14-43(38,39)40/h1,3-4,6-9,12-13,15,20,23-24H,2,5,10-11,14,16-17H2,(H,38,39,40). The summed E-state index contributed by atoms with van der Waals surface area (Å²) in [4.78, 5) is 12.4. The number of halogens is 3. The Morgan fingerprint density at radius 2 is 1.70 bits per heavy atom. The van der Waals surface area contributed by atoms with Crippen molar-refractivity contribution in [1.82, 2.24) is 5.16 Å². The number of aromatic nitrogens is 1. The number of benzene rings is 3. The van der Waals surface area contributed by atoms with Crippen molar-refractivity contribution >= 4 is 50.7 Å². The van der Waals surface area contributed by atoms with E-state index < -0.39 is 15.9 Å². The second-order valence-corrected chi connectivity index (χ2v) is 13.9. The predicted molar refractivity (Wildman–Crippen MR) is 166 cm³/mol. The van der Waals surface area contributed by atoms with Gasteiger partial charge in [-0.25, -0.2) is 0 Å². The molecule has 0 amide bonds. The average Bonchev–Trinajstić information content (AvgIpc) is 3.90. The number of rotatable bonds is 12. The Hall–Kier alpha value is -2.88. The molecule has 1 aromatic heterocycles. The fraction of sp³-hybridized carbons (Fsp3) is 0.312. The lowest BCUT2D eigenvalue weighted by Gasteiger charge is -2.11. The van der Waals surface area contributed by atoms with Crippen molar-refractivity contribution in [2.45, 2.75) is 56.5 Å². The first kappa shape index (κ1) is 30.2. The summed E-state index contributed by atoms with van der Waals surface area (Å²) in [5.41, 5.74) is 4.72. The second kappa shape index (κ2) is 12.3. The van der Waals surface area contributed by atoms with Crippen LogP contribution in [-0.4, -0.2) is 29.7 Å². The van der Waals surface area contributed by atoms with Gasteiger partial charge in [0, 0.05) is 28.5 Å². The van der Waals surface area contributed by atoms with E-state index in [1.54, 1.807) is 30.3 Å². The molecule has 4 aromatic rings. The van der Waals surface area contributed by atoms with Crippen LogP contribution in [0.1, 0.15) is 82.7 Å². The number of carbonyl (C=O) groups is 1. The van der Waals surface area contributed by atoms with Gasteiger partial charge < -0.3 is 9.26 Å². The first-order valence-corrected chi connectivity index (χ1v) is 16.8. The third-order valence-corrected chi connectivity index (χ3v) is 9.74. The molecule has 6 rings (SSSR count). The minimum atomic E-state index is -4.07. The normalized spacial score (nSPS) is 18.0. The average molecular weight is 661 g/mol. The van der Waals surface area contributed by atoms with Crippen LogP contribution in [0, 0.1) is 0 Å². The minimum absolute atomic E-state index is 0.0588. The minimum Gasteiger partial charge on any atom is -0.489 e. The second-order valence-electron chi connectivity index (χ2n) is 11.1. The predicted octanol–water partition coefficient (Wildman–Crippen LogP) is 8.88. The molecule has 0 saturated heterocycles. The Kier molecular flexibility index (Phi) is 8.59. The van der Waals surface area contributed by atoms with E-state index in [9.17, 15) is 13.2 Å². The van der Waals surface area contributed by atoms with Gasteiger partial charge in [0.25, 0.3) is 10.1 Å². The first-order valence-electron chi connectivity index (χ1n) is 14.0. The smallest absolute Gasteiger partial charge is 0.264 e. The fourth-order valence-corrected chi connectivity index (χ4v) is 6.88. The molecule has 3 aromatic carbocycles. The molecule has 0 radical (unpaired) electrons. The Bertz CT molecular complexity index is 1760. The summed E-state index contributed by atoms with van der Waals surface area (Å²) in [5, 5.41) is 5.93. The fourth-order valence-electron chi connectivity index (χ4n) is 5.48. The number of hydrogen-bond donors (Lipinski definition) is 1. The summed E-state index contributed by atoms with van der Waals surface area (Å²) >= 11 is 19.7. The molecule has 2 atom stereocenters. The van der Waals surface area contributed by atoms with Gasteiger partial charge in [-0.05, 0) is 72.9 Å². The molecule has 43 heavy (non-hydrogen) atoms. The first-order chi connectivity index (χ1) is 20.6. The molecule has 0 bridgehead atoms. The number of hydrogen-bond acceptors (Lipinski definition) is 6. The number of Topliss-reactive ketones (excluding diaryl/α,β-unsaturated/α-hetero) is 1. The quantitative estimate of drug-likeness (QED) is 0.119. The van der Waals surface area contributed by atoms with E-state index in [-0.39, 0.29) is 37.1 Å². The monoisotopic (exact) mass is 659 g/mol. The summed E-state index contributed by atoms with van der Waals surface area (Å²) in [7, 11) is -4.07. The molecule has 0 aliphatic heterocycles. The zero-order valence-corrected chi connectivity index (χ0v) is 26.0. The van der Waals surface area contributed by atoms with Gasteiger partial charge in [-0.3, -0.25) is 9.35 Å². The van der Waals surface area contributed by atoms with E-state index in [1.807, 2.05) is 30.3 Å². The molecule has 2 unspecified atom stereocenters. The maximum absolute atomic E-state index is 12.4. The number of ether oxygens (including phenoxy) is 1. The molecule has 2 aliphatic carbocycles. The van der Waals surface area contributed by atoms with Crippen LogP contribution in [-0.2, 0) is 16.7 Å². The third kappa shape index (κ3) is 6.94. The molecule has 2 fully saturated rings. The van der Waals surface area contributed by atoms with Crippen molar-refractivity contribution in [1.29, 1.82) is 0 Å². The van der Waals surface area contributed by atoms with Crippen LogP contribution < -0.4 is 4.74 Å². The topological polar surface area (TPSA) is 107 Å². The van der Waals surface area contributed by atoms with E-state index in [1.165, 1.54) is 0 Å². The van der Waals surface area contributed by atoms with Gasteiger partial charge in [0.05, 0.1) is 21.4 Å². The van der Waals surface area contributed by atoms with Crippen LogP contribution in [0.15, 0.2) is 65.2 Å². The molecule has 2 saturated carbocycles.